The number of pyridine rings is 1. The molecule has 0 aliphatic rings. The second-order valence-corrected chi connectivity index (χ2v) is 5.49. The van der Waals surface area contributed by atoms with Crippen molar-refractivity contribution in [3.8, 4) is 11.6 Å². The van der Waals surface area contributed by atoms with Gasteiger partial charge in [0.15, 0.2) is 5.65 Å². The third kappa shape index (κ3) is 2.04. The Balaban J connectivity index is 1.78. The molecule has 1 N–H and O–H groups in total. The van der Waals surface area contributed by atoms with E-state index in [0.717, 1.165) is 11.0 Å². The van der Waals surface area contributed by atoms with Crippen molar-refractivity contribution in [3.05, 3.63) is 71.8 Å². The lowest BCUT2D eigenvalue weighted by atomic mass is 10.3. The van der Waals surface area contributed by atoms with Gasteiger partial charge < -0.3 is 4.98 Å². The SMILES string of the molecule is O=c1[nH]c2cnc(-n3cnc4ccccc43)nc2n1-c1cccnc1. The second kappa shape index (κ2) is 5.10. The summed E-state index contributed by atoms with van der Waals surface area (Å²) in [6, 6.07) is 11.3. The van der Waals surface area contributed by atoms with Gasteiger partial charge in [0.05, 0.1) is 29.1 Å². The fourth-order valence-electron chi connectivity index (χ4n) is 2.85. The van der Waals surface area contributed by atoms with E-state index in [4.69, 9.17) is 0 Å². The molecule has 8 heteroatoms. The lowest BCUT2D eigenvalue weighted by Crippen LogP contribution is -2.15. The van der Waals surface area contributed by atoms with Gasteiger partial charge in [0.1, 0.15) is 11.8 Å². The Kier molecular flexibility index (Phi) is 2.78. The first kappa shape index (κ1) is 13.6. The summed E-state index contributed by atoms with van der Waals surface area (Å²) < 4.78 is 3.27. The Labute approximate surface area is 140 Å². The number of benzene rings is 1. The van der Waals surface area contributed by atoms with Crippen LogP contribution < -0.4 is 5.69 Å². The molecule has 25 heavy (non-hydrogen) atoms. The summed E-state index contributed by atoms with van der Waals surface area (Å²) in [6.45, 7) is 0. The molecule has 4 heterocycles. The highest BCUT2D eigenvalue weighted by Crippen LogP contribution is 2.18. The molecule has 5 rings (SSSR count). The predicted octanol–water partition coefficient (Wildman–Crippen LogP) is 1.84. The number of imidazole rings is 2. The summed E-state index contributed by atoms with van der Waals surface area (Å²) in [4.78, 5) is 32.5. The van der Waals surface area contributed by atoms with E-state index in [0.29, 0.717) is 22.8 Å². The maximum absolute atomic E-state index is 12.3. The number of nitrogens with zero attached hydrogens (tertiary/aromatic N) is 6. The van der Waals surface area contributed by atoms with Crippen LogP contribution in [0.4, 0.5) is 0 Å². The highest BCUT2D eigenvalue weighted by molar-refractivity contribution is 5.77. The molecular weight excluding hydrogens is 318 g/mol. The van der Waals surface area contributed by atoms with Crippen LogP contribution in [0.15, 0.2) is 66.1 Å². The quantitative estimate of drug-likeness (QED) is 0.533. The average Bonchev–Trinajstić information content (AvgIpc) is 3.22. The summed E-state index contributed by atoms with van der Waals surface area (Å²) in [5.41, 5.74) is 3.14. The van der Waals surface area contributed by atoms with Crippen LogP contribution in [0.25, 0.3) is 33.8 Å². The van der Waals surface area contributed by atoms with Gasteiger partial charge in [-0.1, -0.05) is 12.1 Å². The van der Waals surface area contributed by atoms with Crippen molar-refractivity contribution >= 4 is 22.2 Å². The third-order valence-electron chi connectivity index (χ3n) is 3.99. The van der Waals surface area contributed by atoms with Gasteiger partial charge in [-0.15, -0.1) is 0 Å². The molecule has 0 amide bonds. The number of fused-ring (bicyclic) bond motifs is 2. The molecule has 0 saturated heterocycles. The Bertz CT molecular complexity index is 1270. The van der Waals surface area contributed by atoms with Gasteiger partial charge in [0.2, 0.25) is 5.95 Å². The molecule has 0 fully saturated rings. The fraction of sp³-hybridized carbons (Fsp3) is 0. The molecule has 0 aliphatic heterocycles. The maximum atomic E-state index is 12.3. The zero-order valence-electron chi connectivity index (χ0n) is 12.9. The van der Waals surface area contributed by atoms with Crippen molar-refractivity contribution in [2.24, 2.45) is 0 Å². The standard InChI is InChI=1S/C17H11N7O/c25-17-21-13-9-19-16(23-10-20-12-5-1-2-6-14(12)23)22-15(13)24(17)11-4-3-7-18-8-11/h1-10H,(H,21,25). The Hall–Kier alpha value is -3.81. The molecule has 8 nitrogen and oxygen atoms in total. The van der Waals surface area contributed by atoms with E-state index in [1.165, 1.54) is 4.57 Å². The van der Waals surface area contributed by atoms with Gasteiger partial charge in [0.25, 0.3) is 0 Å². The highest BCUT2D eigenvalue weighted by atomic mass is 16.1. The molecule has 0 atom stereocenters. The lowest BCUT2D eigenvalue weighted by molar-refractivity contribution is 0.939. The molecule has 1 aromatic carbocycles. The summed E-state index contributed by atoms with van der Waals surface area (Å²) in [6.07, 6.45) is 6.54. The monoisotopic (exact) mass is 329 g/mol. The van der Waals surface area contributed by atoms with E-state index in [1.54, 1.807) is 41.6 Å². The topological polar surface area (TPSA) is 94.3 Å². The zero-order chi connectivity index (χ0) is 16.8. The van der Waals surface area contributed by atoms with E-state index in [1.807, 2.05) is 24.3 Å². The number of aromatic nitrogens is 7. The number of hydrogen-bond acceptors (Lipinski definition) is 5. The average molecular weight is 329 g/mol. The summed E-state index contributed by atoms with van der Waals surface area (Å²) in [5.74, 6) is 0.442. The Morgan fingerprint density at radius 3 is 2.80 bits per heavy atom. The molecular formula is C17H11N7O. The summed E-state index contributed by atoms with van der Waals surface area (Å²) in [7, 11) is 0. The molecule has 120 valence electrons. The van der Waals surface area contributed by atoms with E-state index < -0.39 is 0 Å². The van der Waals surface area contributed by atoms with Crippen LogP contribution in [0.5, 0.6) is 0 Å². The number of nitrogens with one attached hydrogen (secondary N) is 1. The van der Waals surface area contributed by atoms with Crippen molar-refractivity contribution in [1.29, 1.82) is 0 Å². The minimum absolute atomic E-state index is 0.287. The van der Waals surface area contributed by atoms with Gasteiger partial charge in [-0.3, -0.25) is 9.55 Å². The molecule has 0 spiro atoms. The van der Waals surface area contributed by atoms with Gasteiger partial charge in [-0.25, -0.2) is 19.3 Å². The number of aromatic amines is 1. The molecule has 5 aromatic rings. The van der Waals surface area contributed by atoms with Crippen molar-refractivity contribution in [2.45, 2.75) is 0 Å². The third-order valence-corrected chi connectivity index (χ3v) is 3.99. The highest BCUT2D eigenvalue weighted by Gasteiger charge is 2.13. The van der Waals surface area contributed by atoms with Gasteiger partial charge in [-0.05, 0) is 24.3 Å². The van der Waals surface area contributed by atoms with Gasteiger partial charge >= 0.3 is 5.69 Å². The predicted molar refractivity (Wildman–Crippen MR) is 91.9 cm³/mol. The lowest BCUT2D eigenvalue weighted by Gasteiger charge is -2.04. The van der Waals surface area contributed by atoms with Crippen molar-refractivity contribution in [3.63, 3.8) is 0 Å². The van der Waals surface area contributed by atoms with Crippen LogP contribution in [-0.2, 0) is 0 Å². The smallest absolute Gasteiger partial charge is 0.303 e. The van der Waals surface area contributed by atoms with Crippen LogP contribution in [0, 0.1) is 0 Å². The van der Waals surface area contributed by atoms with E-state index in [9.17, 15) is 4.79 Å². The number of para-hydroxylation sites is 2. The molecule has 0 bridgehead atoms. The molecule has 4 aromatic heterocycles. The molecule has 0 unspecified atom stereocenters. The van der Waals surface area contributed by atoms with E-state index in [2.05, 4.69) is 24.9 Å². The van der Waals surface area contributed by atoms with Gasteiger partial charge in [0, 0.05) is 6.20 Å². The van der Waals surface area contributed by atoms with Crippen LogP contribution in [0.3, 0.4) is 0 Å². The number of H-pyrrole nitrogens is 1. The van der Waals surface area contributed by atoms with Crippen molar-refractivity contribution < 1.29 is 0 Å². The Morgan fingerprint density at radius 2 is 1.92 bits per heavy atom. The van der Waals surface area contributed by atoms with E-state index >= 15 is 0 Å². The maximum Gasteiger partial charge on any atom is 0.332 e. The molecule has 0 aliphatic carbocycles. The van der Waals surface area contributed by atoms with Crippen LogP contribution in [0.2, 0.25) is 0 Å². The Morgan fingerprint density at radius 1 is 1.00 bits per heavy atom. The minimum atomic E-state index is -0.287. The van der Waals surface area contributed by atoms with Gasteiger partial charge in [-0.2, -0.15) is 4.98 Å². The number of hydrogen-bond donors (Lipinski definition) is 1. The first-order valence-electron chi connectivity index (χ1n) is 7.62. The first-order chi connectivity index (χ1) is 12.3. The normalized spacial score (nSPS) is 11.4. The van der Waals surface area contributed by atoms with Crippen molar-refractivity contribution in [1.82, 2.24) is 34.1 Å². The second-order valence-electron chi connectivity index (χ2n) is 5.49. The summed E-state index contributed by atoms with van der Waals surface area (Å²) >= 11 is 0. The van der Waals surface area contributed by atoms with Crippen LogP contribution in [0.1, 0.15) is 0 Å². The largest absolute Gasteiger partial charge is 0.332 e. The molecule has 0 saturated carbocycles. The fourth-order valence-corrected chi connectivity index (χ4v) is 2.85. The number of rotatable bonds is 2. The van der Waals surface area contributed by atoms with E-state index in [-0.39, 0.29) is 5.69 Å². The summed E-state index contributed by atoms with van der Waals surface area (Å²) in [5, 5.41) is 0. The zero-order valence-corrected chi connectivity index (χ0v) is 12.9. The van der Waals surface area contributed by atoms with Crippen LogP contribution in [-0.4, -0.2) is 34.1 Å². The van der Waals surface area contributed by atoms with Crippen LogP contribution >= 0.6 is 0 Å². The first-order valence-corrected chi connectivity index (χ1v) is 7.62. The minimum Gasteiger partial charge on any atom is -0.303 e. The van der Waals surface area contributed by atoms with Crippen molar-refractivity contribution in [2.75, 3.05) is 0 Å². The molecule has 0 radical (unpaired) electrons.